The molecule has 134 valence electrons. The average Bonchev–Trinajstić information content (AvgIpc) is 2.45. The fourth-order valence-corrected chi connectivity index (χ4v) is 2.49. The van der Waals surface area contributed by atoms with Gasteiger partial charge < -0.3 is 20.3 Å². The number of piperidine rings is 1. The summed E-state index contributed by atoms with van der Waals surface area (Å²) in [6, 6.07) is 0. The number of hydrogen-bond donors (Lipinski definition) is 2. The fraction of sp³-hybridized carbons (Fsp3) is 0.882. The largest absolute Gasteiger partial charge is 0.444 e. The summed E-state index contributed by atoms with van der Waals surface area (Å²) in [5.41, 5.74) is -0.439. The normalized spacial score (nSPS) is 19.7. The van der Waals surface area contributed by atoms with Crippen LogP contribution in [0.5, 0.6) is 0 Å². The predicted molar refractivity (Wildman–Crippen MR) is 94.7 cm³/mol. The van der Waals surface area contributed by atoms with Crippen molar-refractivity contribution in [3.05, 3.63) is 0 Å². The van der Waals surface area contributed by atoms with Crippen molar-refractivity contribution in [2.75, 3.05) is 33.2 Å². The van der Waals surface area contributed by atoms with Crippen molar-refractivity contribution >= 4 is 12.1 Å². The first kappa shape index (κ1) is 19.6. The van der Waals surface area contributed by atoms with Crippen molar-refractivity contribution in [1.29, 1.82) is 0 Å². The number of rotatable bonds is 4. The molecule has 0 bridgehead atoms. The number of carbonyl (C=O) groups excluding carboxylic acids is 1. The lowest BCUT2D eigenvalue weighted by molar-refractivity contribution is 0.0168. The quantitative estimate of drug-likeness (QED) is 0.615. The highest BCUT2D eigenvalue weighted by Crippen LogP contribution is 2.18. The van der Waals surface area contributed by atoms with Crippen molar-refractivity contribution < 1.29 is 9.53 Å². The summed E-state index contributed by atoms with van der Waals surface area (Å²) in [6.45, 7) is 13.3. The number of nitrogens with zero attached hydrogens (tertiary/aromatic N) is 2. The highest BCUT2D eigenvalue weighted by molar-refractivity contribution is 5.79. The Bertz CT molecular complexity index is 402. The van der Waals surface area contributed by atoms with Gasteiger partial charge in [0.05, 0.1) is 0 Å². The molecule has 0 aromatic carbocycles. The third kappa shape index (κ3) is 8.09. The van der Waals surface area contributed by atoms with E-state index in [9.17, 15) is 4.79 Å². The first-order chi connectivity index (χ1) is 10.7. The Balaban J connectivity index is 2.41. The highest BCUT2D eigenvalue weighted by atomic mass is 16.6. The van der Waals surface area contributed by atoms with Gasteiger partial charge in [0, 0.05) is 33.2 Å². The summed E-state index contributed by atoms with van der Waals surface area (Å²) in [5, 5.41) is 6.67. The second-order valence-corrected chi connectivity index (χ2v) is 7.66. The molecule has 0 radical (unpaired) electrons. The lowest BCUT2D eigenvalue weighted by atomic mass is 9.98. The third-order valence-electron chi connectivity index (χ3n) is 3.63. The summed E-state index contributed by atoms with van der Waals surface area (Å²) >= 11 is 0. The second kappa shape index (κ2) is 8.99. The average molecular weight is 326 g/mol. The minimum absolute atomic E-state index is 0.204. The van der Waals surface area contributed by atoms with E-state index in [1.807, 2.05) is 25.7 Å². The van der Waals surface area contributed by atoms with Crippen LogP contribution in [0, 0.1) is 11.8 Å². The second-order valence-electron chi connectivity index (χ2n) is 7.66. The van der Waals surface area contributed by atoms with Gasteiger partial charge in [-0.25, -0.2) is 4.79 Å². The smallest absolute Gasteiger partial charge is 0.410 e. The zero-order valence-corrected chi connectivity index (χ0v) is 15.6. The number of hydrogen-bond acceptors (Lipinski definition) is 3. The molecule has 0 saturated carbocycles. The molecule has 1 fully saturated rings. The molecule has 1 saturated heterocycles. The number of likely N-dealkylation sites (tertiary alicyclic amines) is 1. The molecular weight excluding hydrogens is 292 g/mol. The number of amides is 1. The van der Waals surface area contributed by atoms with Crippen LogP contribution in [0.15, 0.2) is 4.99 Å². The molecule has 1 unspecified atom stereocenters. The SMILES string of the molecule is CN=C(NCC(C)C)NCC1CCCN(C(=O)OC(C)(C)C)C1. The Morgan fingerprint density at radius 1 is 1.35 bits per heavy atom. The first-order valence-electron chi connectivity index (χ1n) is 8.63. The summed E-state index contributed by atoms with van der Waals surface area (Å²) in [5.74, 6) is 1.83. The van der Waals surface area contributed by atoms with Crippen LogP contribution in [0.4, 0.5) is 4.79 Å². The van der Waals surface area contributed by atoms with E-state index in [-0.39, 0.29) is 6.09 Å². The molecule has 0 aromatic heterocycles. The fourth-order valence-electron chi connectivity index (χ4n) is 2.49. The summed E-state index contributed by atoms with van der Waals surface area (Å²) in [7, 11) is 1.78. The Labute approximate surface area is 141 Å². The number of guanidine groups is 1. The minimum atomic E-state index is -0.439. The standard InChI is InChI=1S/C17H34N4O2/c1-13(2)10-19-15(18-6)20-11-14-8-7-9-21(12-14)16(22)23-17(3,4)5/h13-14H,7-12H2,1-6H3,(H2,18,19,20). The third-order valence-corrected chi connectivity index (χ3v) is 3.63. The van der Waals surface area contributed by atoms with Crippen LogP contribution in [0.1, 0.15) is 47.5 Å². The lowest BCUT2D eigenvalue weighted by Gasteiger charge is -2.34. The van der Waals surface area contributed by atoms with Crippen molar-refractivity contribution in [2.24, 2.45) is 16.8 Å². The number of carbonyl (C=O) groups is 1. The zero-order chi connectivity index (χ0) is 17.5. The van der Waals surface area contributed by atoms with Gasteiger partial charge in [-0.05, 0) is 45.4 Å². The van der Waals surface area contributed by atoms with Crippen molar-refractivity contribution in [1.82, 2.24) is 15.5 Å². The van der Waals surface area contributed by atoms with E-state index in [0.717, 1.165) is 45.0 Å². The van der Waals surface area contributed by atoms with Gasteiger partial charge in [-0.3, -0.25) is 4.99 Å². The Kier molecular flexibility index (Phi) is 7.65. The molecule has 0 aromatic rings. The van der Waals surface area contributed by atoms with Crippen LogP contribution >= 0.6 is 0 Å². The summed E-state index contributed by atoms with van der Waals surface area (Å²) < 4.78 is 5.47. The van der Waals surface area contributed by atoms with Crippen molar-refractivity contribution in [3.63, 3.8) is 0 Å². The molecule has 0 aliphatic carbocycles. The monoisotopic (exact) mass is 326 g/mol. The van der Waals surface area contributed by atoms with Gasteiger partial charge in [0.2, 0.25) is 0 Å². The van der Waals surface area contributed by atoms with Crippen LogP contribution < -0.4 is 10.6 Å². The molecule has 2 N–H and O–H groups in total. The topological polar surface area (TPSA) is 66.0 Å². The number of ether oxygens (including phenoxy) is 1. The summed E-state index contributed by atoms with van der Waals surface area (Å²) in [4.78, 5) is 18.2. The molecular formula is C17H34N4O2. The Morgan fingerprint density at radius 3 is 2.61 bits per heavy atom. The van der Waals surface area contributed by atoms with E-state index in [4.69, 9.17) is 4.74 Å². The predicted octanol–water partition coefficient (Wildman–Crippen LogP) is 2.45. The van der Waals surface area contributed by atoms with E-state index in [0.29, 0.717) is 11.8 Å². The number of aliphatic imine (C=N–C) groups is 1. The molecule has 1 heterocycles. The van der Waals surface area contributed by atoms with Crippen molar-refractivity contribution in [3.8, 4) is 0 Å². The molecule has 1 amide bonds. The molecule has 1 aliphatic heterocycles. The molecule has 1 aliphatic rings. The minimum Gasteiger partial charge on any atom is -0.444 e. The van der Waals surface area contributed by atoms with Gasteiger partial charge in [-0.15, -0.1) is 0 Å². The van der Waals surface area contributed by atoms with Crippen molar-refractivity contribution in [2.45, 2.75) is 53.1 Å². The zero-order valence-electron chi connectivity index (χ0n) is 15.6. The molecule has 6 heteroatoms. The van der Waals surface area contributed by atoms with Crippen LogP contribution in [0.2, 0.25) is 0 Å². The Morgan fingerprint density at radius 2 is 2.04 bits per heavy atom. The van der Waals surface area contributed by atoms with Gasteiger partial charge in [-0.1, -0.05) is 13.8 Å². The van der Waals surface area contributed by atoms with Crippen LogP contribution in [0.25, 0.3) is 0 Å². The van der Waals surface area contributed by atoms with E-state index in [1.165, 1.54) is 0 Å². The van der Waals surface area contributed by atoms with Crippen LogP contribution in [-0.2, 0) is 4.74 Å². The Hall–Kier alpha value is -1.46. The maximum atomic E-state index is 12.2. The van der Waals surface area contributed by atoms with Gasteiger partial charge in [0.25, 0.3) is 0 Å². The highest BCUT2D eigenvalue weighted by Gasteiger charge is 2.27. The van der Waals surface area contributed by atoms with E-state index in [2.05, 4.69) is 29.5 Å². The van der Waals surface area contributed by atoms with Crippen LogP contribution in [-0.4, -0.2) is 55.8 Å². The molecule has 23 heavy (non-hydrogen) atoms. The molecule has 1 atom stereocenters. The van der Waals surface area contributed by atoms with E-state index in [1.54, 1.807) is 7.05 Å². The number of nitrogens with one attached hydrogen (secondary N) is 2. The van der Waals surface area contributed by atoms with Crippen LogP contribution in [0.3, 0.4) is 0 Å². The first-order valence-corrected chi connectivity index (χ1v) is 8.63. The lowest BCUT2D eigenvalue weighted by Crippen LogP contribution is -2.47. The van der Waals surface area contributed by atoms with E-state index < -0.39 is 5.60 Å². The molecule has 1 rings (SSSR count). The van der Waals surface area contributed by atoms with Gasteiger partial charge >= 0.3 is 6.09 Å². The molecule has 0 spiro atoms. The molecule has 6 nitrogen and oxygen atoms in total. The van der Waals surface area contributed by atoms with Gasteiger partial charge in [0.15, 0.2) is 5.96 Å². The van der Waals surface area contributed by atoms with Gasteiger partial charge in [0.1, 0.15) is 5.60 Å². The van der Waals surface area contributed by atoms with Gasteiger partial charge in [-0.2, -0.15) is 0 Å². The van der Waals surface area contributed by atoms with E-state index >= 15 is 0 Å². The summed E-state index contributed by atoms with van der Waals surface area (Å²) in [6.07, 6.45) is 1.93. The maximum absolute atomic E-state index is 12.2. The maximum Gasteiger partial charge on any atom is 0.410 e.